The molecule has 0 spiro atoms. The van der Waals surface area contributed by atoms with Crippen LogP contribution in [0.3, 0.4) is 0 Å². The van der Waals surface area contributed by atoms with Crippen molar-refractivity contribution in [3.63, 3.8) is 0 Å². The van der Waals surface area contributed by atoms with Crippen LogP contribution in [0.2, 0.25) is 0 Å². The second-order valence-corrected chi connectivity index (χ2v) is 5.48. The molecule has 1 rings (SSSR count). The summed E-state index contributed by atoms with van der Waals surface area (Å²) in [5, 5.41) is 3.38. The fraction of sp³-hybridized carbons (Fsp3) is 1.00. The monoisotopic (exact) mass is 226 g/mol. The Hall–Kier alpha value is -0.0800. The average molecular weight is 226 g/mol. The van der Waals surface area contributed by atoms with Crippen LogP contribution in [0.5, 0.6) is 0 Å². The van der Waals surface area contributed by atoms with Gasteiger partial charge in [-0.15, -0.1) is 0 Å². The van der Waals surface area contributed by atoms with E-state index in [9.17, 15) is 0 Å². The standard InChI is InChI=1S/C14H30N2/c1-4-15-9-7-5-6-8-10-16-11-13(2)14(3)12-16/h13-15H,4-12H2,1-3H3. The van der Waals surface area contributed by atoms with Gasteiger partial charge in [-0.05, 0) is 44.3 Å². The Kier molecular flexibility index (Phi) is 7.06. The summed E-state index contributed by atoms with van der Waals surface area (Å²) >= 11 is 0. The van der Waals surface area contributed by atoms with Gasteiger partial charge in [0.05, 0.1) is 0 Å². The van der Waals surface area contributed by atoms with Gasteiger partial charge in [-0.2, -0.15) is 0 Å². The third kappa shape index (κ3) is 5.31. The normalized spacial score (nSPS) is 26.4. The van der Waals surface area contributed by atoms with E-state index in [0.717, 1.165) is 18.4 Å². The second-order valence-electron chi connectivity index (χ2n) is 5.48. The van der Waals surface area contributed by atoms with Crippen molar-refractivity contribution in [2.24, 2.45) is 11.8 Å². The van der Waals surface area contributed by atoms with Gasteiger partial charge in [0.1, 0.15) is 0 Å². The van der Waals surface area contributed by atoms with Gasteiger partial charge in [0.25, 0.3) is 0 Å². The highest BCUT2D eigenvalue weighted by atomic mass is 15.1. The molecular weight excluding hydrogens is 196 g/mol. The van der Waals surface area contributed by atoms with E-state index in [2.05, 4.69) is 31.0 Å². The predicted octanol–water partition coefficient (Wildman–Crippen LogP) is 2.74. The van der Waals surface area contributed by atoms with Gasteiger partial charge in [0.2, 0.25) is 0 Å². The zero-order valence-corrected chi connectivity index (χ0v) is 11.5. The molecule has 0 bridgehead atoms. The summed E-state index contributed by atoms with van der Waals surface area (Å²) in [7, 11) is 0. The second kappa shape index (κ2) is 8.08. The molecule has 2 heteroatoms. The van der Waals surface area contributed by atoms with Gasteiger partial charge in [-0.1, -0.05) is 33.6 Å². The molecule has 0 amide bonds. The molecule has 1 heterocycles. The molecule has 0 aromatic carbocycles. The summed E-state index contributed by atoms with van der Waals surface area (Å²) in [5.41, 5.74) is 0. The van der Waals surface area contributed by atoms with Crippen molar-refractivity contribution in [3.05, 3.63) is 0 Å². The molecule has 1 saturated heterocycles. The largest absolute Gasteiger partial charge is 0.317 e. The van der Waals surface area contributed by atoms with Gasteiger partial charge < -0.3 is 10.2 Å². The van der Waals surface area contributed by atoms with Crippen LogP contribution in [0.25, 0.3) is 0 Å². The minimum Gasteiger partial charge on any atom is -0.317 e. The van der Waals surface area contributed by atoms with E-state index in [0.29, 0.717) is 0 Å². The smallest absolute Gasteiger partial charge is 0.00102 e. The lowest BCUT2D eigenvalue weighted by atomic mass is 10.0. The first kappa shape index (κ1) is 14.0. The Morgan fingerprint density at radius 2 is 1.62 bits per heavy atom. The third-order valence-corrected chi connectivity index (χ3v) is 3.89. The minimum absolute atomic E-state index is 0.911. The molecule has 0 saturated carbocycles. The van der Waals surface area contributed by atoms with Crippen LogP contribution in [0.15, 0.2) is 0 Å². The number of hydrogen-bond acceptors (Lipinski definition) is 2. The Labute approximate surface area is 102 Å². The Morgan fingerprint density at radius 1 is 1.00 bits per heavy atom. The zero-order chi connectivity index (χ0) is 11.8. The van der Waals surface area contributed by atoms with Crippen molar-refractivity contribution in [2.45, 2.75) is 46.5 Å². The van der Waals surface area contributed by atoms with Crippen LogP contribution >= 0.6 is 0 Å². The SMILES string of the molecule is CCNCCCCCCN1CC(C)C(C)C1. The van der Waals surface area contributed by atoms with Crippen LogP contribution in [0.4, 0.5) is 0 Å². The van der Waals surface area contributed by atoms with Gasteiger partial charge in [-0.3, -0.25) is 0 Å². The van der Waals surface area contributed by atoms with Crippen molar-refractivity contribution in [1.82, 2.24) is 10.2 Å². The maximum atomic E-state index is 3.38. The summed E-state index contributed by atoms with van der Waals surface area (Å²) in [5.74, 6) is 1.82. The van der Waals surface area contributed by atoms with E-state index < -0.39 is 0 Å². The lowest BCUT2D eigenvalue weighted by Crippen LogP contribution is -2.22. The highest BCUT2D eigenvalue weighted by Gasteiger charge is 2.24. The maximum absolute atomic E-state index is 3.38. The van der Waals surface area contributed by atoms with Gasteiger partial charge in [-0.25, -0.2) is 0 Å². The van der Waals surface area contributed by atoms with Crippen LogP contribution in [-0.4, -0.2) is 37.6 Å². The van der Waals surface area contributed by atoms with Crippen molar-refractivity contribution in [1.29, 1.82) is 0 Å². The molecule has 16 heavy (non-hydrogen) atoms. The maximum Gasteiger partial charge on any atom is 0.00102 e. The average Bonchev–Trinajstić information content (AvgIpc) is 2.57. The quantitative estimate of drug-likeness (QED) is 0.640. The first-order valence-electron chi connectivity index (χ1n) is 7.17. The molecule has 2 unspecified atom stereocenters. The van der Waals surface area contributed by atoms with Crippen LogP contribution in [-0.2, 0) is 0 Å². The summed E-state index contributed by atoms with van der Waals surface area (Å²) < 4.78 is 0. The minimum atomic E-state index is 0.911. The Morgan fingerprint density at radius 3 is 2.25 bits per heavy atom. The molecule has 0 aliphatic carbocycles. The molecule has 2 atom stereocenters. The van der Waals surface area contributed by atoms with Crippen LogP contribution in [0, 0.1) is 11.8 Å². The molecule has 1 fully saturated rings. The highest BCUT2D eigenvalue weighted by molar-refractivity contribution is 4.78. The fourth-order valence-electron chi connectivity index (χ4n) is 2.55. The van der Waals surface area contributed by atoms with Gasteiger partial charge in [0, 0.05) is 13.1 Å². The molecule has 1 aliphatic rings. The lowest BCUT2D eigenvalue weighted by molar-refractivity contribution is 0.314. The van der Waals surface area contributed by atoms with E-state index in [1.54, 1.807) is 0 Å². The van der Waals surface area contributed by atoms with Crippen LogP contribution in [0.1, 0.15) is 46.5 Å². The van der Waals surface area contributed by atoms with Gasteiger partial charge in [0.15, 0.2) is 0 Å². The number of nitrogens with one attached hydrogen (secondary N) is 1. The first-order valence-corrected chi connectivity index (χ1v) is 7.17. The molecule has 1 N–H and O–H groups in total. The summed E-state index contributed by atoms with van der Waals surface area (Å²) in [6.45, 7) is 13.3. The number of likely N-dealkylation sites (tertiary alicyclic amines) is 1. The summed E-state index contributed by atoms with van der Waals surface area (Å²) in [6, 6.07) is 0. The third-order valence-electron chi connectivity index (χ3n) is 3.89. The molecule has 0 radical (unpaired) electrons. The van der Waals surface area contributed by atoms with Gasteiger partial charge >= 0.3 is 0 Å². The highest BCUT2D eigenvalue weighted by Crippen LogP contribution is 2.22. The number of rotatable bonds is 8. The van der Waals surface area contributed by atoms with E-state index in [1.165, 1.54) is 51.9 Å². The molecule has 1 aliphatic heterocycles. The first-order chi connectivity index (χ1) is 7.74. The van der Waals surface area contributed by atoms with Crippen molar-refractivity contribution < 1.29 is 0 Å². The van der Waals surface area contributed by atoms with Crippen LogP contribution < -0.4 is 5.32 Å². The zero-order valence-electron chi connectivity index (χ0n) is 11.5. The van der Waals surface area contributed by atoms with E-state index in [4.69, 9.17) is 0 Å². The number of hydrogen-bond donors (Lipinski definition) is 1. The fourth-order valence-corrected chi connectivity index (χ4v) is 2.55. The van der Waals surface area contributed by atoms with Crippen molar-refractivity contribution in [3.8, 4) is 0 Å². The molecule has 0 aromatic heterocycles. The van der Waals surface area contributed by atoms with E-state index in [-0.39, 0.29) is 0 Å². The van der Waals surface area contributed by atoms with Crippen molar-refractivity contribution in [2.75, 3.05) is 32.7 Å². The number of unbranched alkanes of at least 4 members (excludes halogenated alkanes) is 3. The Bertz CT molecular complexity index is 160. The molecular formula is C14H30N2. The van der Waals surface area contributed by atoms with E-state index in [1.807, 2.05) is 0 Å². The Balaban J connectivity index is 1.88. The topological polar surface area (TPSA) is 15.3 Å². The molecule has 2 nitrogen and oxygen atoms in total. The van der Waals surface area contributed by atoms with E-state index >= 15 is 0 Å². The predicted molar refractivity (Wildman–Crippen MR) is 71.8 cm³/mol. The molecule has 0 aromatic rings. The number of nitrogens with zero attached hydrogens (tertiary/aromatic N) is 1. The summed E-state index contributed by atoms with van der Waals surface area (Å²) in [4.78, 5) is 2.65. The summed E-state index contributed by atoms with van der Waals surface area (Å²) in [6.07, 6.45) is 5.54. The van der Waals surface area contributed by atoms with Crippen molar-refractivity contribution >= 4 is 0 Å². The molecule has 96 valence electrons. The lowest BCUT2D eigenvalue weighted by Gasteiger charge is -2.14.